The molecule has 1 aliphatic rings. The van der Waals surface area contributed by atoms with Gasteiger partial charge in [0, 0.05) is 17.6 Å². The number of piperidine rings is 1. The van der Waals surface area contributed by atoms with Crippen molar-refractivity contribution in [3.8, 4) is 0 Å². The van der Waals surface area contributed by atoms with Crippen molar-refractivity contribution >= 4 is 24.0 Å². The highest BCUT2D eigenvalue weighted by atomic mass is 35.5. The summed E-state index contributed by atoms with van der Waals surface area (Å²) in [6.45, 7) is 2.29. The van der Waals surface area contributed by atoms with E-state index >= 15 is 0 Å². The van der Waals surface area contributed by atoms with Crippen molar-refractivity contribution in [3.05, 3.63) is 34.3 Å². The first-order valence-electron chi connectivity index (χ1n) is 6.65. The zero-order chi connectivity index (χ0) is 14.8. The zero-order valence-electron chi connectivity index (χ0n) is 11.7. The highest BCUT2D eigenvalue weighted by Gasteiger charge is 2.31. The summed E-state index contributed by atoms with van der Waals surface area (Å²) in [6.07, 6.45) is -2.31. The number of rotatable bonds is 3. The van der Waals surface area contributed by atoms with E-state index in [4.69, 9.17) is 11.6 Å². The second-order valence-corrected chi connectivity index (χ2v) is 5.62. The number of halogens is 5. The smallest absolute Gasteiger partial charge is 0.317 e. The molecule has 0 amide bonds. The summed E-state index contributed by atoms with van der Waals surface area (Å²) in [5, 5.41) is 3.37. The summed E-state index contributed by atoms with van der Waals surface area (Å²) >= 11 is 5.79. The molecule has 0 spiro atoms. The van der Waals surface area contributed by atoms with Gasteiger partial charge in [-0.05, 0) is 56.7 Å². The summed E-state index contributed by atoms with van der Waals surface area (Å²) in [4.78, 5) is 2.17. The van der Waals surface area contributed by atoms with E-state index in [1.807, 2.05) is 7.05 Å². The van der Waals surface area contributed by atoms with Crippen molar-refractivity contribution in [3.63, 3.8) is 0 Å². The minimum Gasteiger partial charge on any atom is -0.317 e. The van der Waals surface area contributed by atoms with Crippen LogP contribution in [0.1, 0.15) is 24.0 Å². The van der Waals surface area contributed by atoms with Gasteiger partial charge < -0.3 is 5.32 Å². The second-order valence-electron chi connectivity index (χ2n) is 5.19. The van der Waals surface area contributed by atoms with E-state index in [9.17, 15) is 13.2 Å². The molecule has 0 aromatic heterocycles. The van der Waals surface area contributed by atoms with Gasteiger partial charge >= 0.3 is 6.18 Å². The zero-order valence-corrected chi connectivity index (χ0v) is 13.3. The molecule has 1 aliphatic heterocycles. The molecule has 0 radical (unpaired) electrons. The Kier molecular flexibility index (Phi) is 6.78. The van der Waals surface area contributed by atoms with Crippen LogP contribution in [0.5, 0.6) is 0 Å². The predicted molar refractivity (Wildman–Crippen MR) is 81.1 cm³/mol. The molecule has 1 fully saturated rings. The highest BCUT2D eigenvalue weighted by Crippen LogP contribution is 2.32. The Morgan fingerprint density at radius 2 is 1.86 bits per heavy atom. The Labute approximate surface area is 134 Å². The Balaban J connectivity index is 0.00000220. The van der Waals surface area contributed by atoms with E-state index in [0.717, 1.165) is 32.0 Å². The lowest BCUT2D eigenvalue weighted by Gasteiger charge is -2.31. The molecule has 0 atom stereocenters. The fourth-order valence-corrected chi connectivity index (χ4v) is 2.80. The van der Waals surface area contributed by atoms with Crippen LogP contribution in [-0.2, 0) is 12.7 Å². The Bertz CT molecular complexity index is 458. The van der Waals surface area contributed by atoms with Crippen LogP contribution >= 0.6 is 24.0 Å². The lowest BCUT2D eigenvalue weighted by molar-refractivity contribution is -0.137. The third-order valence-electron chi connectivity index (χ3n) is 3.69. The molecule has 0 aliphatic carbocycles. The Hall–Kier alpha value is -0.490. The standard InChI is InChI=1S/C14H18ClF3N2.ClH/c1-19-13-2-4-20(5-3-13)9-10-6-11(14(16,17)18)8-12(15)7-10;/h6-8,13,19H,2-5,9H2,1H3;1H. The second kappa shape index (κ2) is 7.68. The SMILES string of the molecule is CNC1CCN(Cc2cc(Cl)cc(C(F)(F)F)c2)CC1.Cl. The first-order chi connectivity index (χ1) is 9.38. The van der Waals surface area contributed by atoms with Crippen LogP contribution in [0.2, 0.25) is 5.02 Å². The summed E-state index contributed by atoms with van der Waals surface area (Å²) < 4.78 is 38.2. The molecule has 0 unspecified atom stereocenters. The van der Waals surface area contributed by atoms with Crippen LogP contribution in [0.4, 0.5) is 13.2 Å². The molecule has 1 heterocycles. The van der Waals surface area contributed by atoms with Crippen LogP contribution in [0.25, 0.3) is 0 Å². The third kappa shape index (κ3) is 5.33. The predicted octanol–water partition coefficient (Wildman–Crippen LogP) is 3.96. The van der Waals surface area contributed by atoms with Gasteiger partial charge in [-0.25, -0.2) is 0 Å². The number of benzene rings is 1. The summed E-state index contributed by atoms with van der Waals surface area (Å²) in [6, 6.07) is 4.28. The van der Waals surface area contributed by atoms with Crippen molar-refractivity contribution in [1.29, 1.82) is 0 Å². The number of hydrogen-bond donors (Lipinski definition) is 1. The molecule has 0 saturated carbocycles. The molecule has 7 heteroatoms. The molecule has 120 valence electrons. The van der Waals surface area contributed by atoms with Crippen LogP contribution in [0.15, 0.2) is 18.2 Å². The molecule has 0 bridgehead atoms. The van der Waals surface area contributed by atoms with Gasteiger partial charge in [-0.1, -0.05) is 11.6 Å². The minimum atomic E-state index is -4.35. The lowest BCUT2D eigenvalue weighted by atomic mass is 10.0. The topological polar surface area (TPSA) is 15.3 Å². The van der Waals surface area contributed by atoms with Crippen molar-refractivity contribution in [2.45, 2.75) is 31.6 Å². The monoisotopic (exact) mass is 342 g/mol. The molecule has 1 saturated heterocycles. The maximum Gasteiger partial charge on any atom is 0.416 e. The van der Waals surface area contributed by atoms with Crippen LogP contribution in [0, 0.1) is 0 Å². The largest absolute Gasteiger partial charge is 0.416 e. The van der Waals surface area contributed by atoms with Crippen molar-refractivity contribution in [2.75, 3.05) is 20.1 Å². The van der Waals surface area contributed by atoms with E-state index in [1.54, 1.807) is 6.07 Å². The molecule has 21 heavy (non-hydrogen) atoms. The summed E-state index contributed by atoms with van der Waals surface area (Å²) in [5.74, 6) is 0. The molecule has 1 N–H and O–H groups in total. The first kappa shape index (κ1) is 18.6. The lowest BCUT2D eigenvalue weighted by Crippen LogP contribution is -2.40. The average molecular weight is 343 g/mol. The van der Waals surface area contributed by atoms with Crippen molar-refractivity contribution in [1.82, 2.24) is 10.2 Å². The summed E-state index contributed by atoms with van der Waals surface area (Å²) in [5.41, 5.74) is -0.0576. The van der Waals surface area contributed by atoms with Crippen molar-refractivity contribution in [2.24, 2.45) is 0 Å². The van der Waals surface area contributed by atoms with E-state index in [1.165, 1.54) is 6.07 Å². The van der Waals surface area contributed by atoms with Gasteiger partial charge in [-0.3, -0.25) is 4.90 Å². The minimum absolute atomic E-state index is 0. The van der Waals surface area contributed by atoms with Gasteiger partial charge in [0.25, 0.3) is 0 Å². The van der Waals surface area contributed by atoms with Gasteiger partial charge in [-0.2, -0.15) is 13.2 Å². The first-order valence-corrected chi connectivity index (χ1v) is 7.02. The van der Waals surface area contributed by atoms with Gasteiger partial charge in [0.2, 0.25) is 0 Å². The van der Waals surface area contributed by atoms with E-state index in [2.05, 4.69) is 10.2 Å². The van der Waals surface area contributed by atoms with Crippen LogP contribution in [-0.4, -0.2) is 31.1 Å². The fraction of sp³-hybridized carbons (Fsp3) is 0.571. The average Bonchev–Trinajstić information content (AvgIpc) is 2.38. The molecular formula is C14H19Cl2F3N2. The number of likely N-dealkylation sites (tertiary alicyclic amines) is 1. The maximum absolute atomic E-state index is 12.7. The van der Waals surface area contributed by atoms with E-state index in [-0.39, 0.29) is 17.4 Å². The number of nitrogens with one attached hydrogen (secondary N) is 1. The normalized spacial score (nSPS) is 17.6. The maximum atomic E-state index is 12.7. The van der Waals surface area contributed by atoms with Gasteiger partial charge in [0.05, 0.1) is 5.56 Å². The number of alkyl halides is 3. The molecule has 2 rings (SSSR count). The molecule has 2 nitrogen and oxygen atoms in total. The third-order valence-corrected chi connectivity index (χ3v) is 3.91. The molecule has 1 aromatic carbocycles. The highest BCUT2D eigenvalue weighted by molar-refractivity contribution is 6.30. The summed E-state index contributed by atoms with van der Waals surface area (Å²) in [7, 11) is 1.94. The van der Waals surface area contributed by atoms with E-state index < -0.39 is 11.7 Å². The van der Waals surface area contributed by atoms with Crippen LogP contribution < -0.4 is 5.32 Å². The fourth-order valence-electron chi connectivity index (χ4n) is 2.54. The quantitative estimate of drug-likeness (QED) is 0.894. The van der Waals surface area contributed by atoms with E-state index in [0.29, 0.717) is 18.2 Å². The molecule has 1 aromatic rings. The van der Waals surface area contributed by atoms with Gasteiger partial charge in [0.1, 0.15) is 0 Å². The van der Waals surface area contributed by atoms with Gasteiger partial charge in [-0.15, -0.1) is 12.4 Å². The number of hydrogen-bond acceptors (Lipinski definition) is 2. The van der Waals surface area contributed by atoms with Crippen molar-refractivity contribution < 1.29 is 13.2 Å². The van der Waals surface area contributed by atoms with Crippen LogP contribution in [0.3, 0.4) is 0 Å². The van der Waals surface area contributed by atoms with Gasteiger partial charge in [0.15, 0.2) is 0 Å². The Morgan fingerprint density at radius 1 is 1.24 bits per heavy atom. The number of nitrogens with zero attached hydrogens (tertiary/aromatic N) is 1. The molecular weight excluding hydrogens is 324 g/mol. The Morgan fingerprint density at radius 3 is 2.38 bits per heavy atom.